The third-order valence-electron chi connectivity index (χ3n) is 5.43. The lowest BCUT2D eigenvalue weighted by atomic mass is 9.77. The van der Waals surface area contributed by atoms with Gasteiger partial charge in [0.1, 0.15) is 24.5 Å². The van der Waals surface area contributed by atoms with Crippen LogP contribution in [0.4, 0.5) is 13.2 Å². The maximum absolute atomic E-state index is 13.3. The molecule has 32 heavy (non-hydrogen) atoms. The fourth-order valence-electron chi connectivity index (χ4n) is 4.08. The van der Waals surface area contributed by atoms with E-state index in [-0.39, 0.29) is 31.8 Å². The number of nitrogens with zero attached hydrogens (tertiary/aromatic N) is 1. The first-order valence-electron chi connectivity index (χ1n) is 10.1. The van der Waals surface area contributed by atoms with Crippen molar-refractivity contribution < 1.29 is 42.4 Å². The number of benzene rings is 1. The average molecular weight is 458 g/mol. The van der Waals surface area contributed by atoms with Gasteiger partial charge in [-0.1, -0.05) is 18.2 Å². The van der Waals surface area contributed by atoms with Gasteiger partial charge in [-0.3, -0.25) is 9.59 Å². The van der Waals surface area contributed by atoms with Crippen LogP contribution >= 0.6 is 0 Å². The van der Waals surface area contributed by atoms with Crippen molar-refractivity contribution in [3.8, 4) is 5.75 Å². The highest BCUT2D eigenvalue weighted by Gasteiger charge is 2.51. The molecule has 0 saturated carbocycles. The Balaban J connectivity index is 2.03. The van der Waals surface area contributed by atoms with Gasteiger partial charge in [0.15, 0.2) is 0 Å². The number of fused-ring (bicyclic) bond motifs is 3. The van der Waals surface area contributed by atoms with Crippen molar-refractivity contribution in [3.05, 3.63) is 41.5 Å². The molecule has 3 N–H and O–H groups in total. The summed E-state index contributed by atoms with van der Waals surface area (Å²) < 4.78 is 50.5. The summed E-state index contributed by atoms with van der Waals surface area (Å²) >= 11 is 0. The van der Waals surface area contributed by atoms with E-state index in [0.717, 1.165) is 0 Å². The first-order chi connectivity index (χ1) is 15.2. The Morgan fingerprint density at radius 3 is 2.66 bits per heavy atom. The topological polar surface area (TPSA) is 108 Å². The van der Waals surface area contributed by atoms with Crippen LogP contribution in [-0.2, 0) is 14.3 Å². The molecular formula is C21H25F3N2O6. The molecule has 1 aliphatic heterocycles. The number of methoxy groups -OCH3 is 1. The van der Waals surface area contributed by atoms with Crippen molar-refractivity contribution in [1.82, 2.24) is 10.2 Å². The van der Waals surface area contributed by atoms with Crippen LogP contribution in [0.25, 0.3) is 0 Å². The minimum atomic E-state index is -4.73. The van der Waals surface area contributed by atoms with Gasteiger partial charge in [-0.05, 0) is 12.1 Å². The maximum atomic E-state index is 13.3. The van der Waals surface area contributed by atoms with Crippen LogP contribution in [0, 0.1) is 0 Å². The summed E-state index contributed by atoms with van der Waals surface area (Å²) in [5, 5.41) is 22.5. The molecule has 0 radical (unpaired) electrons. The zero-order valence-corrected chi connectivity index (χ0v) is 17.3. The number of aliphatic hydroxyl groups excluding tert-OH is 2. The van der Waals surface area contributed by atoms with E-state index in [9.17, 15) is 27.9 Å². The van der Waals surface area contributed by atoms with E-state index >= 15 is 0 Å². The number of carbonyl (C=O) groups excluding carboxylic acids is 2. The molecule has 1 aromatic carbocycles. The molecule has 1 aromatic rings. The SMILES string of the molecule is COCCC(=O)N(CC(F)(F)F)[C@@H]1C=C(C(=O)NCCO)[C@@H]2c3ccccc3O[C@@H]2[C@H]1O. The molecule has 1 aliphatic carbocycles. The Labute approximate surface area is 182 Å². The van der Waals surface area contributed by atoms with Crippen molar-refractivity contribution in [2.24, 2.45) is 0 Å². The van der Waals surface area contributed by atoms with Crippen LogP contribution in [0.5, 0.6) is 5.75 Å². The third kappa shape index (κ3) is 5.05. The largest absolute Gasteiger partial charge is 0.486 e. The first-order valence-corrected chi connectivity index (χ1v) is 10.1. The van der Waals surface area contributed by atoms with Crippen molar-refractivity contribution in [2.75, 3.05) is 33.4 Å². The van der Waals surface area contributed by atoms with Gasteiger partial charge in [-0.25, -0.2) is 0 Å². The van der Waals surface area contributed by atoms with E-state index in [4.69, 9.17) is 14.6 Å². The summed E-state index contributed by atoms with van der Waals surface area (Å²) in [7, 11) is 1.31. The summed E-state index contributed by atoms with van der Waals surface area (Å²) in [5.41, 5.74) is 0.670. The molecule has 2 aliphatic rings. The third-order valence-corrected chi connectivity index (χ3v) is 5.43. The molecule has 2 amide bonds. The zero-order chi connectivity index (χ0) is 23.5. The molecule has 11 heteroatoms. The lowest BCUT2D eigenvalue weighted by molar-refractivity contribution is -0.170. The number of hydrogen-bond acceptors (Lipinski definition) is 6. The number of para-hydroxylation sites is 1. The first kappa shape index (κ1) is 24.0. The fraction of sp³-hybridized carbons (Fsp3) is 0.524. The second kappa shape index (κ2) is 9.88. The number of ether oxygens (including phenoxy) is 2. The summed E-state index contributed by atoms with van der Waals surface area (Å²) in [4.78, 5) is 26.0. The average Bonchev–Trinajstić information content (AvgIpc) is 3.14. The number of halogens is 3. The van der Waals surface area contributed by atoms with Gasteiger partial charge in [0.2, 0.25) is 11.8 Å². The smallest absolute Gasteiger partial charge is 0.406 e. The Morgan fingerprint density at radius 2 is 2.00 bits per heavy atom. The maximum Gasteiger partial charge on any atom is 0.406 e. The minimum Gasteiger partial charge on any atom is -0.486 e. The molecule has 0 saturated heterocycles. The molecular weight excluding hydrogens is 433 g/mol. The lowest BCUT2D eigenvalue weighted by Crippen LogP contribution is -2.57. The summed E-state index contributed by atoms with van der Waals surface area (Å²) in [6.45, 7) is -2.11. The van der Waals surface area contributed by atoms with Gasteiger partial charge in [0.05, 0.1) is 31.6 Å². The van der Waals surface area contributed by atoms with E-state index in [0.29, 0.717) is 16.2 Å². The molecule has 0 fully saturated rings. The second-order valence-corrected chi connectivity index (χ2v) is 7.56. The van der Waals surface area contributed by atoms with Gasteiger partial charge < -0.3 is 29.9 Å². The molecule has 0 spiro atoms. The van der Waals surface area contributed by atoms with Crippen LogP contribution in [0.2, 0.25) is 0 Å². The Hall–Kier alpha value is -2.63. The number of rotatable bonds is 8. The molecule has 4 atom stereocenters. The van der Waals surface area contributed by atoms with E-state index in [1.54, 1.807) is 24.3 Å². The molecule has 0 aromatic heterocycles. The second-order valence-electron chi connectivity index (χ2n) is 7.56. The Bertz CT molecular complexity index is 875. The molecule has 0 bridgehead atoms. The number of carbonyl (C=O) groups is 2. The predicted octanol–water partition coefficient (Wildman–Crippen LogP) is 0.737. The van der Waals surface area contributed by atoms with Gasteiger partial charge in [-0.2, -0.15) is 13.2 Å². The van der Waals surface area contributed by atoms with Crippen LogP contribution in [0.1, 0.15) is 17.9 Å². The number of amides is 2. The number of alkyl halides is 3. The van der Waals surface area contributed by atoms with Gasteiger partial charge in [0.25, 0.3) is 0 Å². The number of nitrogens with one attached hydrogen (secondary N) is 1. The quantitative estimate of drug-likeness (QED) is 0.530. The van der Waals surface area contributed by atoms with Crippen molar-refractivity contribution in [1.29, 1.82) is 0 Å². The Morgan fingerprint density at radius 1 is 1.28 bits per heavy atom. The van der Waals surface area contributed by atoms with Crippen LogP contribution < -0.4 is 10.1 Å². The number of hydrogen-bond donors (Lipinski definition) is 3. The molecule has 3 rings (SSSR count). The zero-order valence-electron chi connectivity index (χ0n) is 17.3. The summed E-state index contributed by atoms with van der Waals surface area (Å²) in [6.07, 6.45) is -6.45. The Kier molecular flexibility index (Phi) is 7.42. The number of aliphatic hydroxyl groups is 2. The van der Waals surface area contributed by atoms with Crippen LogP contribution in [0.15, 0.2) is 35.9 Å². The van der Waals surface area contributed by atoms with Crippen LogP contribution in [-0.4, -0.2) is 84.8 Å². The highest BCUT2D eigenvalue weighted by molar-refractivity contribution is 5.96. The van der Waals surface area contributed by atoms with Crippen LogP contribution in [0.3, 0.4) is 0 Å². The molecule has 176 valence electrons. The molecule has 1 heterocycles. The van der Waals surface area contributed by atoms with Crippen molar-refractivity contribution in [2.45, 2.75) is 36.8 Å². The monoisotopic (exact) mass is 458 g/mol. The van der Waals surface area contributed by atoms with Crippen molar-refractivity contribution in [3.63, 3.8) is 0 Å². The van der Waals surface area contributed by atoms with Gasteiger partial charge in [0, 0.05) is 24.8 Å². The summed E-state index contributed by atoms with van der Waals surface area (Å²) in [5.74, 6) is -1.84. The highest BCUT2D eigenvalue weighted by atomic mass is 19.4. The lowest BCUT2D eigenvalue weighted by Gasteiger charge is -2.41. The van der Waals surface area contributed by atoms with Crippen molar-refractivity contribution >= 4 is 11.8 Å². The highest BCUT2D eigenvalue weighted by Crippen LogP contribution is 2.47. The van der Waals surface area contributed by atoms with E-state index in [2.05, 4.69) is 5.32 Å². The summed E-state index contributed by atoms with van der Waals surface area (Å²) in [6, 6.07) is 5.30. The minimum absolute atomic E-state index is 0.0652. The normalized spacial score (nSPS) is 24.1. The van der Waals surface area contributed by atoms with E-state index in [1.165, 1.54) is 13.2 Å². The molecule has 8 nitrogen and oxygen atoms in total. The van der Waals surface area contributed by atoms with Gasteiger partial charge >= 0.3 is 6.18 Å². The van der Waals surface area contributed by atoms with E-state index < -0.39 is 48.7 Å². The van der Waals surface area contributed by atoms with Gasteiger partial charge in [-0.15, -0.1) is 0 Å². The van der Waals surface area contributed by atoms with E-state index in [1.807, 2.05) is 0 Å². The fourth-order valence-corrected chi connectivity index (χ4v) is 4.08. The molecule has 0 unspecified atom stereocenters. The predicted molar refractivity (Wildman–Crippen MR) is 106 cm³/mol. The standard InChI is InChI=1S/C21H25F3N2O6/c1-31-9-6-16(28)26(11-21(22,23)24)14-10-13(20(30)25-7-8-27)17-12-4-2-3-5-15(12)32-19(17)18(14)29/h2-5,10,14,17-19,27,29H,6-9,11H2,1H3,(H,25,30)/t14-,17+,18+,19+/m1/s1.